The first-order chi connectivity index (χ1) is 8.92. The van der Waals surface area contributed by atoms with Crippen LogP contribution in [0.1, 0.15) is 38.7 Å². The van der Waals surface area contributed by atoms with Crippen LogP contribution in [0.4, 0.5) is 8.78 Å². The molecule has 104 valence electrons. The molecule has 4 heteroatoms. The zero-order valence-corrected chi connectivity index (χ0v) is 11.3. The molecule has 1 N–H and O–H groups in total. The quantitative estimate of drug-likeness (QED) is 0.891. The minimum Gasteiger partial charge on any atom is -0.350 e. The molecule has 1 aliphatic heterocycles. The molecule has 1 unspecified atom stereocenters. The first-order valence-corrected chi connectivity index (χ1v) is 6.66. The molecule has 0 radical (unpaired) electrons. The van der Waals surface area contributed by atoms with Crippen molar-refractivity contribution >= 4 is 5.91 Å². The molecule has 1 heterocycles. The van der Waals surface area contributed by atoms with Crippen LogP contribution in [0.3, 0.4) is 0 Å². The van der Waals surface area contributed by atoms with Gasteiger partial charge < -0.3 is 5.32 Å². The third kappa shape index (κ3) is 3.11. The second kappa shape index (κ2) is 5.27. The van der Waals surface area contributed by atoms with Crippen LogP contribution in [-0.2, 0) is 11.2 Å². The SMILES string of the molecule is CC(C)CC1(Cc2c(F)cccc2F)CCC(=O)N1. The molecular formula is C15H19F2NO. The van der Waals surface area contributed by atoms with Gasteiger partial charge in [-0.1, -0.05) is 19.9 Å². The summed E-state index contributed by atoms with van der Waals surface area (Å²) in [5, 5.41) is 2.93. The van der Waals surface area contributed by atoms with Gasteiger partial charge in [0.2, 0.25) is 5.91 Å². The minimum atomic E-state index is -0.538. The van der Waals surface area contributed by atoms with Crippen molar-refractivity contribution in [2.24, 2.45) is 5.92 Å². The molecule has 2 nitrogen and oxygen atoms in total. The van der Waals surface area contributed by atoms with Crippen molar-refractivity contribution in [1.29, 1.82) is 0 Å². The van der Waals surface area contributed by atoms with Gasteiger partial charge in [0.15, 0.2) is 0 Å². The molecule has 1 saturated heterocycles. The Bertz CT molecular complexity index is 467. The zero-order valence-electron chi connectivity index (χ0n) is 11.3. The Morgan fingerprint density at radius 2 is 1.95 bits per heavy atom. The summed E-state index contributed by atoms with van der Waals surface area (Å²) in [6.45, 7) is 4.09. The number of carbonyl (C=O) groups is 1. The molecule has 0 spiro atoms. The molecular weight excluding hydrogens is 248 g/mol. The van der Waals surface area contributed by atoms with Gasteiger partial charge in [-0.15, -0.1) is 0 Å². The summed E-state index contributed by atoms with van der Waals surface area (Å²) in [6.07, 6.45) is 2.02. The number of nitrogens with one attached hydrogen (secondary N) is 1. The fraction of sp³-hybridized carbons (Fsp3) is 0.533. The molecule has 1 aromatic rings. The van der Waals surface area contributed by atoms with Crippen LogP contribution >= 0.6 is 0 Å². The molecule has 1 aliphatic rings. The normalized spacial score (nSPS) is 22.9. The van der Waals surface area contributed by atoms with E-state index in [1.54, 1.807) is 0 Å². The number of hydrogen-bond acceptors (Lipinski definition) is 1. The number of rotatable bonds is 4. The highest BCUT2D eigenvalue weighted by molar-refractivity contribution is 5.79. The van der Waals surface area contributed by atoms with Gasteiger partial charge in [0, 0.05) is 23.9 Å². The maximum absolute atomic E-state index is 13.8. The summed E-state index contributed by atoms with van der Waals surface area (Å²) < 4.78 is 27.5. The Morgan fingerprint density at radius 1 is 1.32 bits per heavy atom. The Balaban J connectivity index is 2.28. The summed E-state index contributed by atoms with van der Waals surface area (Å²) in [4.78, 5) is 11.5. The highest BCUT2D eigenvalue weighted by atomic mass is 19.1. The monoisotopic (exact) mass is 267 g/mol. The van der Waals surface area contributed by atoms with Crippen LogP contribution < -0.4 is 5.32 Å². The summed E-state index contributed by atoms with van der Waals surface area (Å²) in [7, 11) is 0. The second-order valence-corrected chi connectivity index (χ2v) is 5.80. The molecule has 19 heavy (non-hydrogen) atoms. The lowest BCUT2D eigenvalue weighted by Crippen LogP contribution is -2.45. The molecule has 1 atom stereocenters. The Kier molecular flexibility index (Phi) is 3.88. The smallest absolute Gasteiger partial charge is 0.220 e. The van der Waals surface area contributed by atoms with Crippen molar-refractivity contribution in [3.63, 3.8) is 0 Å². The lowest BCUT2D eigenvalue weighted by molar-refractivity contribution is -0.119. The van der Waals surface area contributed by atoms with Gasteiger partial charge in [-0.05, 0) is 30.9 Å². The fourth-order valence-electron chi connectivity index (χ4n) is 2.95. The van der Waals surface area contributed by atoms with E-state index in [2.05, 4.69) is 5.32 Å². The molecule has 1 amide bonds. The van der Waals surface area contributed by atoms with Gasteiger partial charge >= 0.3 is 0 Å². The van der Waals surface area contributed by atoms with E-state index >= 15 is 0 Å². The lowest BCUT2D eigenvalue weighted by atomic mass is 9.82. The number of carbonyl (C=O) groups excluding carboxylic acids is 1. The van der Waals surface area contributed by atoms with Crippen LogP contribution in [0.2, 0.25) is 0 Å². The highest BCUT2D eigenvalue weighted by Crippen LogP contribution is 2.32. The maximum atomic E-state index is 13.8. The third-order valence-electron chi connectivity index (χ3n) is 3.61. The van der Waals surface area contributed by atoms with E-state index in [4.69, 9.17) is 0 Å². The predicted octanol–water partition coefficient (Wildman–Crippen LogP) is 3.20. The number of amides is 1. The van der Waals surface area contributed by atoms with E-state index in [-0.39, 0.29) is 17.9 Å². The van der Waals surface area contributed by atoms with Gasteiger partial charge in [0.05, 0.1) is 0 Å². The first kappa shape index (κ1) is 14.0. The van der Waals surface area contributed by atoms with Gasteiger partial charge in [0.25, 0.3) is 0 Å². The summed E-state index contributed by atoms with van der Waals surface area (Å²) in [5.74, 6) is -0.751. The van der Waals surface area contributed by atoms with Gasteiger partial charge in [-0.3, -0.25) is 4.79 Å². The zero-order chi connectivity index (χ0) is 14.0. The predicted molar refractivity (Wildman–Crippen MR) is 69.6 cm³/mol. The molecule has 1 fully saturated rings. The van der Waals surface area contributed by atoms with E-state index in [1.165, 1.54) is 18.2 Å². The van der Waals surface area contributed by atoms with Gasteiger partial charge in [-0.2, -0.15) is 0 Å². The van der Waals surface area contributed by atoms with Crippen molar-refractivity contribution in [3.05, 3.63) is 35.4 Å². The van der Waals surface area contributed by atoms with Crippen LogP contribution in [0.15, 0.2) is 18.2 Å². The van der Waals surface area contributed by atoms with Crippen molar-refractivity contribution in [2.75, 3.05) is 0 Å². The molecule has 0 aliphatic carbocycles. The van der Waals surface area contributed by atoms with E-state index in [1.807, 2.05) is 13.8 Å². The molecule has 0 aromatic heterocycles. The Morgan fingerprint density at radius 3 is 2.42 bits per heavy atom. The largest absolute Gasteiger partial charge is 0.350 e. The van der Waals surface area contributed by atoms with Crippen LogP contribution in [0.25, 0.3) is 0 Å². The summed E-state index contributed by atoms with van der Waals surface area (Å²) in [6, 6.07) is 3.88. The van der Waals surface area contributed by atoms with E-state index in [9.17, 15) is 13.6 Å². The lowest BCUT2D eigenvalue weighted by Gasteiger charge is -2.31. The fourth-order valence-corrected chi connectivity index (χ4v) is 2.95. The van der Waals surface area contributed by atoms with Crippen molar-refractivity contribution < 1.29 is 13.6 Å². The van der Waals surface area contributed by atoms with Crippen LogP contribution in [0, 0.1) is 17.6 Å². The third-order valence-corrected chi connectivity index (χ3v) is 3.61. The Hall–Kier alpha value is -1.45. The standard InChI is InChI=1S/C15H19F2NO/c1-10(2)8-15(7-6-14(19)18-15)9-11-12(16)4-3-5-13(11)17/h3-5,10H,6-9H2,1-2H3,(H,18,19). The van der Waals surface area contributed by atoms with Crippen LogP contribution in [0.5, 0.6) is 0 Å². The van der Waals surface area contributed by atoms with Crippen molar-refractivity contribution in [3.8, 4) is 0 Å². The number of hydrogen-bond donors (Lipinski definition) is 1. The summed E-state index contributed by atoms with van der Waals surface area (Å²) in [5.41, 5.74) is -0.431. The van der Waals surface area contributed by atoms with E-state index < -0.39 is 17.2 Å². The average Bonchev–Trinajstić information content (AvgIpc) is 2.65. The van der Waals surface area contributed by atoms with E-state index in [0.717, 1.165) is 6.42 Å². The molecule has 2 rings (SSSR count). The topological polar surface area (TPSA) is 29.1 Å². The van der Waals surface area contributed by atoms with E-state index in [0.29, 0.717) is 18.8 Å². The van der Waals surface area contributed by atoms with Crippen LogP contribution in [-0.4, -0.2) is 11.4 Å². The van der Waals surface area contributed by atoms with Gasteiger partial charge in [-0.25, -0.2) is 8.78 Å². The molecule has 0 bridgehead atoms. The van der Waals surface area contributed by atoms with Crippen molar-refractivity contribution in [1.82, 2.24) is 5.32 Å². The maximum Gasteiger partial charge on any atom is 0.220 e. The Labute approximate surface area is 112 Å². The molecule has 0 saturated carbocycles. The summed E-state index contributed by atoms with van der Waals surface area (Å²) >= 11 is 0. The second-order valence-electron chi connectivity index (χ2n) is 5.80. The number of halogens is 2. The number of benzene rings is 1. The van der Waals surface area contributed by atoms with Crippen molar-refractivity contribution in [2.45, 2.75) is 45.1 Å². The molecule has 1 aromatic carbocycles. The van der Waals surface area contributed by atoms with Gasteiger partial charge in [0.1, 0.15) is 11.6 Å². The highest BCUT2D eigenvalue weighted by Gasteiger charge is 2.39. The average molecular weight is 267 g/mol. The minimum absolute atomic E-state index is 0.0302. The first-order valence-electron chi connectivity index (χ1n) is 6.66.